The number of imidazole rings is 1. The third kappa shape index (κ3) is 1.61. The van der Waals surface area contributed by atoms with E-state index >= 15 is 0 Å². The van der Waals surface area contributed by atoms with Crippen LogP contribution < -0.4 is 0 Å². The van der Waals surface area contributed by atoms with Crippen molar-refractivity contribution in [1.29, 1.82) is 0 Å². The van der Waals surface area contributed by atoms with E-state index in [0.29, 0.717) is 0 Å². The summed E-state index contributed by atoms with van der Waals surface area (Å²) in [5.41, 5.74) is 6.20. The van der Waals surface area contributed by atoms with Crippen molar-refractivity contribution in [2.75, 3.05) is 0 Å². The van der Waals surface area contributed by atoms with Crippen LogP contribution in [0.15, 0.2) is 79.0 Å². The van der Waals surface area contributed by atoms with Crippen LogP contribution in [0.1, 0.15) is 0 Å². The van der Waals surface area contributed by atoms with Gasteiger partial charge in [-0.25, -0.2) is 9.97 Å². The van der Waals surface area contributed by atoms with Gasteiger partial charge in [-0.05, 0) is 30.3 Å². The molecule has 0 fully saturated rings. The molecule has 0 saturated heterocycles. The molecule has 1 N–H and O–H groups in total. The highest BCUT2D eigenvalue weighted by molar-refractivity contribution is 6.26. The fourth-order valence-electron chi connectivity index (χ4n) is 4.59. The van der Waals surface area contributed by atoms with Gasteiger partial charge in [0.25, 0.3) is 0 Å². The largest absolute Gasteiger partial charge is 0.354 e. The first kappa shape index (κ1) is 14.2. The molecule has 0 amide bonds. The number of hydrogen-bond donors (Lipinski definition) is 1. The normalized spacial score (nSPS) is 12.3. The molecule has 0 radical (unpaired) electrons. The molecule has 4 nitrogen and oxygen atoms in total. The van der Waals surface area contributed by atoms with E-state index in [4.69, 9.17) is 4.98 Å². The van der Waals surface area contributed by atoms with Crippen molar-refractivity contribution in [3.8, 4) is 0 Å². The van der Waals surface area contributed by atoms with Crippen molar-refractivity contribution in [1.82, 2.24) is 19.4 Å². The van der Waals surface area contributed by atoms with Gasteiger partial charge in [0.15, 0.2) is 5.65 Å². The summed E-state index contributed by atoms with van der Waals surface area (Å²) >= 11 is 0. The van der Waals surface area contributed by atoms with E-state index in [1.54, 1.807) is 0 Å². The van der Waals surface area contributed by atoms with Crippen molar-refractivity contribution in [2.45, 2.75) is 0 Å². The van der Waals surface area contributed by atoms with Crippen LogP contribution in [-0.4, -0.2) is 19.4 Å². The van der Waals surface area contributed by atoms with Gasteiger partial charge in [0.05, 0.1) is 11.0 Å². The van der Waals surface area contributed by atoms with E-state index < -0.39 is 0 Å². The maximum atomic E-state index is 4.94. The maximum Gasteiger partial charge on any atom is 0.164 e. The summed E-state index contributed by atoms with van der Waals surface area (Å²) in [5.74, 6) is 0. The van der Waals surface area contributed by atoms with Gasteiger partial charge in [0.2, 0.25) is 0 Å². The Hall–Kier alpha value is -3.92. The number of hydrogen-bond acceptors (Lipinski definition) is 2. The lowest BCUT2D eigenvalue weighted by Gasteiger charge is -2.09. The van der Waals surface area contributed by atoms with Gasteiger partial charge in [-0.15, -0.1) is 0 Å². The zero-order chi connectivity index (χ0) is 18.2. The van der Waals surface area contributed by atoms with E-state index in [9.17, 15) is 0 Å². The molecule has 0 bridgehead atoms. The number of pyridine rings is 2. The molecule has 0 atom stereocenters. The Labute approximate surface area is 159 Å². The minimum absolute atomic E-state index is 0.896. The molecular formula is C24H14N4. The predicted molar refractivity (Wildman–Crippen MR) is 115 cm³/mol. The SMILES string of the molecule is c1cnc2c(c1)nc1c3ccc4c5ccccc5[nH]c4c3c3ccccc3n21. The fourth-order valence-corrected chi connectivity index (χ4v) is 4.59. The molecule has 0 aliphatic heterocycles. The van der Waals surface area contributed by atoms with Crippen molar-refractivity contribution >= 4 is 60.3 Å². The first-order valence-electron chi connectivity index (χ1n) is 9.37. The van der Waals surface area contributed by atoms with E-state index in [2.05, 4.69) is 75.0 Å². The van der Waals surface area contributed by atoms with E-state index in [1.807, 2.05) is 18.3 Å². The monoisotopic (exact) mass is 358 g/mol. The molecule has 130 valence electrons. The number of aromatic amines is 1. The van der Waals surface area contributed by atoms with E-state index in [1.165, 1.54) is 21.5 Å². The van der Waals surface area contributed by atoms with Gasteiger partial charge < -0.3 is 4.98 Å². The summed E-state index contributed by atoms with van der Waals surface area (Å²) in [4.78, 5) is 13.2. The highest BCUT2D eigenvalue weighted by atomic mass is 15.1. The van der Waals surface area contributed by atoms with Crippen LogP contribution in [0.4, 0.5) is 0 Å². The van der Waals surface area contributed by atoms with Gasteiger partial charge in [-0.3, -0.25) is 4.40 Å². The molecule has 7 aromatic rings. The van der Waals surface area contributed by atoms with Crippen LogP contribution in [0.25, 0.3) is 60.3 Å². The zero-order valence-corrected chi connectivity index (χ0v) is 14.8. The van der Waals surface area contributed by atoms with Crippen LogP contribution >= 0.6 is 0 Å². The molecule has 4 heteroatoms. The van der Waals surface area contributed by atoms with Gasteiger partial charge in [-0.1, -0.05) is 42.5 Å². The lowest BCUT2D eigenvalue weighted by molar-refractivity contribution is 1.25. The van der Waals surface area contributed by atoms with Crippen molar-refractivity contribution in [3.63, 3.8) is 0 Å². The molecular weight excluding hydrogens is 344 g/mol. The Bertz CT molecular complexity index is 1720. The Morgan fingerprint density at radius 3 is 2.46 bits per heavy atom. The number of H-pyrrole nitrogens is 1. The Morgan fingerprint density at radius 1 is 0.679 bits per heavy atom. The summed E-state index contributed by atoms with van der Waals surface area (Å²) in [6.07, 6.45) is 1.83. The maximum absolute atomic E-state index is 4.94. The minimum Gasteiger partial charge on any atom is -0.354 e. The Balaban J connectivity index is 1.87. The number of nitrogens with zero attached hydrogens (tertiary/aromatic N) is 3. The van der Waals surface area contributed by atoms with E-state index in [0.717, 1.165) is 38.7 Å². The molecule has 3 aromatic carbocycles. The first-order chi connectivity index (χ1) is 13.9. The highest BCUT2D eigenvalue weighted by Crippen LogP contribution is 2.38. The third-order valence-corrected chi connectivity index (χ3v) is 5.75. The summed E-state index contributed by atoms with van der Waals surface area (Å²) in [6.45, 7) is 0. The van der Waals surface area contributed by atoms with Crippen LogP contribution in [0.3, 0.4) is 0 Å². The quantitative estimate of drug-likeness (QED) is 0.347. The summed E-state index contributed by atoms with van der Waals surface area (Å²) in [5, 5.41) is 6.04. The smallest absolute Gasteiger partial charge is 0.164 e. The van der Waals surface area contributed by atoms with Crippen LogP contribution in [0.2, 0.25) is 0 Å². The van der Waals surface area contributed by atoms with Gasteiger partial charge in [-0.2, -0.15) is 0 Å². The second-order valence-corrected chi connectivity index (χ2v) is 7.22. The van der Waals surface area contributed by atoms with Gasteiger partial charge in [0, 0.05) is 38.6 Å². The van der Waals surface area contributed by atoms with Gasteiger partial charge >= 0.3 is 0 Å². The summed E-state index contributed by atoms with van der Waals surface area (Å²) in [6, 6.07) is 25.4. The second-order valence-electron chi connectivity index (χ2n) is 7.22. The molecule has 28 heavy (non-hydrogen) atoms. The minimum atomic E-state index is 0.896. The molecule has 0 unspecified atom stereocenters. The highest BCUT2D eigenvalue weighted by Gasteiger charge is 2.17. The average molecular weight is 358 g/mol. The number of benzene rings is 3. The molecule has 0 saturated carbocycles. The molecule has 4 aromatic heterocycles. The summed E-state index contributed by atoms with van der Waals surface area (Å²) in [7, 11) is 0. The van der Waals surface area contributed by atoms with Crippen LogP contribution in [-0.2, 0) is 0 Å². The molecule has 4 heterocycles. The molecule has 0 spiro atoms. The lowest BCUT2D eigenvalue weighted by atomic mass is 10.0. The van der Waals surface area contributed by atoms with Crippen LogP contribution in [0.5, 0.6) is 0 Å². The third-order valence-electron chi connectivity index (χ3n) is 5.75. The predicted octanol–water partition coefficient (Wildman–Crippen LogP) is 5.82. The topological polar surface area (TPSA) is 46.0 Å². The fraction of sp³-hybridized carbons (Fsp3) is 0. The number of rotatable bonds is 0. The lowest BCUT2D eigenvalue weighted by Crippen LogP contribution is -1.92. The van der Waals surface area contributed by atoms with Crippen molar-refractivity contribution in [2.24, 2.45) is 0 Å². The summed E-state index contributed by atoms with van der Waals surface area (Å²) < 4.78 is 2.18. The van der Waals surface area contributed by atoms with E-state index in [-0.39, 0.29) is 0 Å². The Kier molecular flexibility index (Phi) is 2.46. The van der Waals surface area contributed by atoms with Gasteiger partial charge in [0.1, 0.15) is 11.2 Å². The average Bonchev–Trinajstić information content (AvgIpc) is 3.32. The van der Waals surface area contributed by atoms with Crippen LogP contribution in [0, 0.1) is 0 Å². The second kappa shape index (κ2) is 4.87. The molecule has 0 aliphatic rings. The number of aromatic nitrogens is 4. The first-order valence-corrected chi connectivity index (χ1v) is 9.37. The van der Waals surface area contributed by atoms with Crippen molar-refractivity contribution in [3.05, 3.63) is 79.0 Å². The Morgan fingerprint density at radius 2 is 1.50 bits per heavy atom. The molecule has 7 rings (SSSR count). The molecule has 0 aliphatic carbocycles. The zero-order valence-electron chi connectivity index (χ0n) is 14.8. The number of nitrogens with one attached hydrogen (secondary N) is 1. The standard InChI is InChI=1S/C24H14N4/c1-3-8-18-14(6-1)15-11-12-17-21(22(15)26-18)16-7-2-4-10-20(16)28-23(17)27-19-9-5-13-25-24(19)28/h1-13,26H. The number of para-hydroxylation sites is 2. The van der Waals surface area contributed by atoms with Crippen molar-refractivity contribution < 1.29 is 0 Å². The number of fused-ring (bicyclic) bond motifs is 12.